The summed E-state index contributed by atoms with van der Waals surface area (Å²) in [6.45, 7) is 6.33. The van der Waals surface area contributed by atoms with Crippen molar-refractivity contribution in [3.63, 3.8) is 0 Å². The summed E-state index contributed by atoms with van der Waals surface area (Å²) < 4.78 is 0. The van der Waals surface area contributed by atoms with E-state index in [4.69, 9.17) is 5.11 Å². The van der Waals surface area contributed by atoms with Crippen molar-refractivity contribution in [2.24, 2.45) is 11.3 Å². The summed E-state index contributed by atoms with van der Waals surface area (Å²) in [6, 6.07) is 0. The van der Waals surface area contributed by atoms with E-state index >= 15 is 0 Å². The molecule has 2 heteroatoms. The predicted molar refractivity (Wildman–Crippen MR) is 48.8 cm³/mol. The van der Waals surface area contributed by atoms with Crippen LogP contribution in [0.15, 0.2) is 0 Å². The highest BCUT2D eigenvalue weighted by molar-refractivity contribution is 4.97. The van der Waals surface area contributed by atoms with E-state index in [1.807, 2.05) is 20.8 Å². The molecule has 2 unspecified atom stereocenters. The maximum absolute atomic E-state index is 10.1. The SMILES string of the molecule is CC(C)C1(O)CCC(C)(CO)C1. The zero-order chi connectivity index (χ0) is 9.41. The van der Waals surface area contributed by atoms with Crippen LogP contribution in [0.4, 0.5) is 0 Å². The van der Waals surface area contributed by atoms with Gasteiger partial charge in [-0.2, -0.15) is 0 Å². The number of rotatable bonds is 2. The van der Waals surface area contributed by atoms with Crippen molar-refractivity contribution in [1.29, 1.82) is 0 Å². The van der Waals surface area contributed by atoms with Gasteiger partial charge in [-0.15, -0.1) is 0 Å². The molecule has 12 heavy (non-hydrogen) atoms. The largest absolute Gasteiger partial charge is 0.396 e. The summed E-state index contributed by atoms with van der Waals surface area (Å²) in [7, 11) is 0. The fourth-order valence-electron chi connectivity index (χ4n) is 2.06. The Labute approximate surface area is 74.6 Å². The quantitative estimate of drug-likeness (QED) is 0.663. The van der Waals surface area contributed by atoms with Crippen LogP contribution < -0.4 is 0 Å². The van der Waals surface area contributed by atoms with Crippen molar-refractivity contribution in [1.82, 2.24) is 0 Å². The van der Waals surface area contributed by atoms with Gasteiger partial charge in [0.2, 0.25) is 0 Å². The molecule has 0 radical (unpaired) electrons. The minimum absolute atomic E-state index is 0.0426. The van der Waals surface area contributed by atoms with Crippen molar-refractivity contribution in [3.8, 4) is 0 Å². The lowest BCUT2D eigenvalue weighted by Gasteiger charge is -2.29. The van der Waals surface area contributed by atoms with Crippen molar-refractivity contribution in [3.05, 3.63) is 0 Å². The summed E-state index contributed by atoms with van der Waals surface area (Å²) in [4.78, 5) is 0. The lowest BCUT2D eigenvalue weighted by atomic mass is 9.83. The molecule has 1 aliphatic rings. The number of aliphatic hydroxyl groups excluding tert-OH is 1. The summed E-state index contributed by atoms with van der Waals surface area (Å²) >= 11 is 0. The standard InChI is InChI=1S/C10H20O2/c1-8(2)10(12)5-4-9(3,6-10)7-11/h8,11-12H,4-7H2,1-3H3. The molecule has 2 nitrogen and oxygen atoms in total. The summed E-state index contributed by atoms with van der Waals surface area (Å²) in [6.07, 6.45) is 2.52. The highest BCUT2D eigenvalue weighted by atomic mass is 16.3. The average molecular weight is 172 g/mol. The van der Waals surface area contributed by atoms with Crippen LogP contribution in [-0.4, -0.2) is 22.4 Å². The summed E-state index contributed by atoms with van der Waals surface area (Å²) in [5.41, 5.74) is -0.573. The number of hydrogen-bond acceptors (Lipinski definition) is 2. The van der Waals surface area contributed by atoms with Gasteiger partial charge >= 0.3 is 0 Å². The molecule has 2 N–H and O–H groups in total. The Morgan fingerprint density at radius 1 is 1.33 bits per heavy atom. The average Bonchev–Trinajstić information content (AvgIpc) is 2.30. The summed E-state index contributed by atoms with van der Waals surface area (Å²) in [5, 5.41) is 19.3. The van der Waals surface area contributed by atoms with E-state index in [1.54, 1.807) is 0 Å². The zero-order valence-electron chi connectivity index (χ0n) is 8.30. The fourth-order valence-corrected chi connectivity index (χ4v) is 2.06. The third-order valence-electron chi connectivity index (χ3n) is 3.35. The fraction of sp³-hybridized carbons (Fsp3) is 1.00. The first-order chi connectivity index (χ1) is 5.42. The minimum atomic E-state index is -0.530. The Morgan fingerprint density at radius 3 is 2.17 bits per heavy atom. The maximum Gasteiger partial charge on any atom is 0.0676 e. The van der Waals surface area contributed by atoms with E-state index in [-0.39, 0.29) is 12.0 Å². The van der Waals surface area contributed by atoms with E-state index in [0.717, 1.165) is 19.3 Å². The monoisotopic (exact) mass is 172 g/mol. The molecule has 0 aliphatic heterocycles. The first kappa shape index (κ1) is 10.0. The molecule has 0 aromatic rings. The van der Waals surface area contributed by atoms with Gasteiger partial charge in [0, 0.05) is 6.61 Å². The maximum atomic E-state index is 10.1. The van der Waals surface area contributed by atoms with E-state index < -0.39 is 5.60 Å². The van der Waals surface area contributed by atoms with Crippen LogP contribution in [0.3, 0.4) is 0 Å². The molecule has 1 saturated carbocycles. The van der Waals surface area contributed by atoms with Gasteiger partial charge in [0.05, 0.1) is 5.60 Å². The van der Waals surface area contributed by atoms with E-state index in [1.165, 1.54) is 0 Å². The molecule has 1 fully saturated rings. The molecule has 0 spiro atoms. The molecule has 1 rings (SSSR count). The van der Waals surface area contributed by atoms with Crippen LogP contribution in [0.2, 0.25) is 0 Å². The zero-order valence-corrected chi connectivity index (χ0v) is 8.30. The number of aliphatic hydroxyl groups is 2. The molecule has 0 saturated heterocycles. The van der Waals surface area contributed by atoms with Gasteiger partial charge in [-0.05, 0) is 30.6 Å². The normalized spacial score (nSPS) is 42.5. The molecule has 1 aliphatic carbocycles. The molecule has 0 aromatic carbocycles. The van der Waals surface area contributed by atoms with Crippen LogP contribution in [0.5, 0.6) is 0 Å². The van der Waals surface area contributed by atoms with Gasteiger partial charge in [-0.25, -0.2) is 0 Å². The second-order valence-electron chi connectivity index (χ2n) is 4.90. The van der Waals surface area contributed by atoms with Crippen LogP contribution in [0.25, 0.3) is 0 Å². The first-order valence-corrected chi connectivity index (χ1v) is 4.75. The van der Waals surface area contributed by atoms with Crippen LogP contribution in [0.1, 0.15) is 40.0 Å². The lowest BCUT2D eigenvalue weighted by molar-refractivity contribution is -0.0138. The van der Waals surface area contributed by atoms with Gasteiger partial charge in [0.25, 0.3) is 0 Å². The van der Waals surface area contributed by atoms with Gasteiger partial charge in [-0.3, -0.25) is 0 Å². The molecular formula is C10H20O2. The molecule has 72 valence electrons. The Hall–Kier alpha value is -0.0800. The molecule has 0 amide bonds. The van der Waals surface area contributed by atoms with Crippen LogP contribution in [-0.2, 0) is 0 Å². The molecule has 0 aromatic heterocycles. The molecule has 0 bridgehead atoms. The Bertz CT molecular complexity index is 167. The van der Waals surface area contributed by atoms with Crippen molar-refractivity contribution in [2.45, 2.75) is 45.6 Å². The number of hydrogen-bond donors (Lipinski definition) is 2. The van der Waals surface area contributed by atoms with E-state index in [0.29, 0.717) is 5.92 Å². The second-order valence-corrected chi connectivity index (χ2v) is 4.90. The predicted octanol–water partition coefficient (Wildman–Crippen LogP) is 1.56. The third-order valence-corrected chi connectivity index (χ3v) is 3.35. The second kappa shape index (κ2) is 3.00. The minimum Gasteiger partial charge on any atom is -0.396 e. The van der Waals surface area contributed by atoms with Crippen LogP contribution in [0, 0.1) is 11.3 Å². The van der Waals surface area contributed by atoms with Crippen molar-refractivity contribution in [2.75, 3.05) is 6.61 Å². The smallest absolute Gasteiger partial charge is 0.0676 e. The Morgan fingerprint density at radius 2 is 1.92 bits per heavy atom. The molecular weight excluding hydrogens is 152 g/mol. The van der Waals surface area contributed by atoms with Crippen molar-refractivity contribution < 1.29 is 10.2 Å². The highest BCUT2D eigenvalue weighted by Crippen LogP contribution is 2.46. The van der Waals surface area contributed by atoms with Crippen molar-refractivity contribution >= 4 is 0 Å². The van der Waals surface area contributed by atoms with E-state index in [9.17, 15) is 5.11 Å². The lowest BCUT2D eigenvalue weighted by Crippen LogP contribution is -2.33. The van der Waals surface area contributed by atoms with Crippen LogP contribution >= 0.6 is 0 Å². The highest BCUT2D eigenvalue weighted by Gasteiger charge is 2.45. The molecule has 0 heterocycles. The Kier molecular flexibility index (Phi) is 2.50. The summed E-state index contributed by atoms with van der Waals surface area (Å²) in [5.74, 6) is 0.297. The van der Waals surface area contributed by atoms with Gasteiger partial charge in [0.15, 0.2) is 0 Å². The van der Waals surface area contributed by atoms with Gasteiger partial charge in [0.1, 0.15) is 0 Å². The van der Waals surface area contributed by atoms with E-state index in [2.05, 4.69) is 0 Å². The topological polar surface area (TPSA) is 40.5 Å². The van der Waals surface area contributed by atoms with Gasteiger partial charge in [-0.1, -0.05) is 20.8 Å². The first-order valence-electron chi connectivity index (χ1n) is 4.75. The Balaban J connectivity index is 2.66. The third kappa shape index (κ3) is 1.64. The molecule has 2 atom stereocenters. The van der Waals surface area contributed by atoms with Gasteiger partial charge < -0.3 is 10.2 Å².